The molecule has 5 heteroatoms. The maximum Gasteiger partial charge on any atom is 0.170 e. The average Bonchev–Trinajstić information content (AvgIpc) is 2.55. The average molecular weight is 393 g/mol. The van der Waals surface area contributed by atoms with E-state index in [-0.39, 0.29) is 0 Å². The molecule has 2 aromatic carbocycles. The van der Waals surface area contributed by atoms with E-state index in [9.17, 15) is 0 Å². The molecule has 0 heterocycles. The lowest BCUT2D eigenvalue weighted by molar-refractivity contribution is 0.336. The third-order valence-corrected chi connectivity index (χ3v) is 4.06. The Hall–Kier alpha value is -1.59. The number of nitrogens with one attached hydrogen (secondary N) is 2. The summed E-state index contributed by atoms with van der Waals surface area (Å²) < 4.78 is 6.69. The van der Waals surface area contributed by atoms with Crippen molar-refractivity contribution in [2.75, 3.05) is 18.5 Å². The first-order valence-corrected chi connectivity index (χ1v) is 8.90. The van der Waals surface area contributed by atoms with Gasteiger partial charge >= 0.3 is 0 Å². The highest BCUT2D eigenvalue weighted by molar-refractivity contribution is 9.10. The molecular weight excluding hydrogens is 372 g/mol. The maximum absolute atomic E-state index is 5.64. The van der Waals surface area contributed by atoms with Gasteiger partial charge in [0.15, 0.2) is 5.11 Å². The van der Waals surface area contributed by atoms with Gasteiger partial charge in [0.05, 0.1) is 6.61 Å². The zero-order valence-electron chi connectivity index (χ0n) is 13.1. The monoisotopic (exact) mass is 392 g/mol. The van der Waals surface area contributed by atoms with Crippen LogP contribution in [0.1, 0.15) is 18.9 Å². The lowest BCUT2D eigenvalue weighted by Crippen LogP contribution is -2.29. The molecule has 2 aromatic rings. The molecule has 2 rings (SSSR count). The van der Waals surface area contributed by atoms with Gasteiger partial charge in [-0.3, -0.25) is 0 Å². The number of ether oxygens (including phenoxy) is 1. The van der Waals surface area contributed by atoms with Crippen molar-refractivity contribution >= 4 is 38.9 Å². The van der Waals surface area contributed by atoms with Crippen LogP contribution >= 0.6 is 28.1 Å². The minimum atomic E-state index is 0.644. The van der Waals surface area contributed by atoms with Crippen LogP contribution in [0.4, 0.5) is 5.69 Å². The SMILES string of the molecule is CCOc1ccccc1CCCNC(=S)Nc1ccc(Br)cc1. The topological polar surface area (TPSA) is 33.3 Å². The molecule has 0 saturated carbocycles. The molecule has 0 aliphatic carbocycles. The summed E-state index contributed by atoms with van der Waals surface area (Å²) in [5.74, 6) is 0.977. The fourth-order valence-electron chi connectivity index (χ4n) is 2.20. The van der Waals surface area contributed by atoms with Crippen LogP contribution < -0.4 is 15.4 Å². The number of aryl methyl sites for hydroxylation is 1. The number of anilines is 1. The summed E-state index contributed by atoms with van der Waals surface area (Å²) in [4.78, 5) is 0. The lowest BCUT2D eigenvalue weighted by atomic mass is 10.1. The number of hydrogen-bond donors (Lipinski definition) is 2. The minimum Gasteiger partial charge on any atom is -0.494 e. The Kier molecular flexibility index (Phi) is 7.36. The van der Waals surface area contributed by atoms with E-state index in [4.69, 9.17) is 17.0 Å². The summed E-state index contributed by atoms with van der Waals surface area (Å²) in [6.45, 7) is 3.52. The van der Waals surface area contributed by atoms with Gasteiger partial charge in [-0.15, -0.1) is 0 Å². The predicted molar refractivity (Wildman–Crippen MR) is 104 cm³/mol. The van der Waals surface area contributed by atoms with Crippen molar-refractivity contribution in [2.24, 2.45) is 0 Å². The molecule has 0 spiro atoms. The summed E-state index contributed by atoms with van der Waals surface area (Å²) in [7, 11) is 0. The highest BCUT2D eigenvalue weighted by Gasteiger charge is 2.02. The quantitative estimate of drug-likeness (QED) is 0.525. The molecule has 0 amide bonds. The molecule has 0 unspecified atom stereocenters. The Morgan fingerprint density at radius 2 is 1.87 bits per heavy atom. The molecule has 3 nitrogen and oxygen atoms in total. The smallest absolute Gasteiger partial charge is 0.170 e. The van der Waals surface area contributed by atoms with Crippen LogP contribution in [-0.4, -0.2) is 18.3 Å². The third kappa shape index (κ3) is 6.20. The summed E-state index contributed by atoms with van der Waals surface area (Å²) in [5.41, 5.74) is 2.22. The van der Waals surface area contributed by atoms with Gasteiger partial charge in [-0.2, -0.15) is 0 Å². The van der Waals surface area contributed by atoms with Gasteiger partial charge in [0.2, 0.25) is 0 Å². The maximum atomic E-state index is 5.64. The molecule has 0 fully saturated rings. The molecule has 0 radical (unpaired) electrons. The van der Waals surface area contributed by atoms with Crippen molar-refractivity contribution in [3.8, 4) is 5.75 Å². The van der Waals surface area contributed by atoms with Gasteiger partial charge in [0, 0.05) is 16.7 Å². The van der Waals surface area contributed by atoms with Crippen LogP contribution in [0.5, 0.6) is 5.75 Å². The van der Waals surface area contributed by atoms with E-state index in [1.54, 1.807) is 0 Å². The second-order valence-corrected chi connectivity index (χ2v) is 6.36. The van der Waals surface area contributed by atoms with Crippen LogP contribution in [0, 0.1) is 0 Å². The molecule has 23 heavy (non-hydrogen) atoms. The molecule has 0 aromatic heterocycles. The molecule has 0 aliphatic heterocycles. The summed E-state index contributed by atoms with van der Waals surface area (Å²) in [5, 5.41) is 7.05. The van der Waals surface area contributed by atoms with Gasteiger partial charge in [-0.05, 0) is 67.9 Å². The first-order valence-electron chi connectivity index (χ1n) is 7.70. The van der Waals surface area contributed by atoms with E-state index in [0.29, 0.717) is 11.7 Å². The predicted octanol–water partition coefficient (Wildman–Crippen LogP) is 4.77. The number of rotatable bonds is 7. The number of thiocarbonyl (C=S) groups is 1. The van der Waals surface area contributed by atoms with Gasteiger partial charge in [0.25, 0.3) is 0 Å². The van der Waals surface area contributed by atoms with Crippen molar-refractivity contribution < 1.29 is 4.74 Å². The zero-order chi connectivity index (χ0) is 16.5. The van der Waals surface area contributed by atoms with E-state index in [1.807, 2.05) is 49.4 Å². The van der Waals surface area contributed by atoms with E-state index in [1.165, 1.54) is 5.56 Å². The summed E-state index contributed by atoms with van der Waals surface area (Å²) >= 11 is 8.72. The van der Waals surface area contributed by atoms with Crippen molar-refractivity contribution in [1.82, 2.24) is 5.32 Å². The Labute approximate surface area is 151 Å². The Bertz CT molecular complexity index is 631. The van der Waals surface area contributed by atoms with Gasteiger partial charge in [-0.25, -0.2) is 0 Å². The van der Waals surface area contributed by atoms with E-state index in [0.717, 1.165) is 35.3 Å². The van der Waals surface area contributed by atoms with Gasteiger partial charge < -0.3 is 15.4 Å². The second kappa shape index (κ2) is 9.53. The minimum absolute atomic E-state index is 0.644. The normalized spacial score (nSPS) is 10.2. The molecule has 0 aliphatic rings. The van der Waals surface area contributed by atoms with Crippen LogP contribution in [0.2, 0.25) is 0 Å². The Morgan fingerprint density at radius 1 is 1.13 bits per heavy atom. The number of para-hydroxylation sites is 1. The van der Waals surface area contributed by atoms with Crippen LogP contribution in [0.25, 0.3) is 0 Å². The number of benzene rings is 2. The van der Waals surface area contributed by atoms with Crippen molar-refractivity contribution in [3.63, 3.8) is 0 Å². The fourth-order valence-corrected chi connectivity index (χ4v) is 2.68. The van der Waals surface area contributed by atoms with Crippen molar-refractivity contribution in [1.29, 1.82) is 0 Å². The van der Waals surface area contributed by atoms with E-state index >= 15 is 0 Å². The summed E-state index contributed by atoms with van der Waals surface area (Å²) in [6.07, 6.45) is 1.95. The number of halogens is 1. The fraction of sp³-hybridized carbons (Fsp3) is 0.278. The highest BCUT2D eigenvalue weighted by atomic mass is 79.9. The van der Waals surface area contributed by atoms with Crippen LogP contribution in [0.15, 0.2) is 53.0 Å². The molecule has 0 saturated heterocycles. The first-order chi connectivity index (χ1) is 11.2. The first kappa shape index (κ1) is 17.8. The lowest BCUT2D eigenvalue weighted by Gasteiger charge is -2.12. The van der Waals surface area contributed by atoms with Gasteiger partial charge in [-0.1, -0.05) is 34.1 Å². The van der Waals surface area contributed by atoms with Crippen LogP contribution in [-0.2, 0) is 6.42 Å². The standard InChI is InChI=1S/C18H21BrN2OS/c1-2-22-17-8-4-3-6-14(17)7-5-13-20-18(23)21-16-11-9-15(19)10-12-16/h3-4,6,8-12H,2,5,7,13H2,1H3,(H2,20,21,23). The Balaban J connectivity index is 1.73. The van der Waals surface area contributed by atoms with E-state index < -0.39 is 0 Å². The van der Waals surface area contributed by atoms with Crippen molar-refractivity contribution in [3.05, 3.63) is 58.6 Å². The summed E-state index contributed by atoms with van der Waals surface area (Å²) in [6, 6.07) is 16.1. The highest BCUT2D eigenvalue weighted by Crippen LogP contribution is 2.19. The molecule has 0 bridgehead atoms. The third-order valence-electron chi connectivity index (χ3n) is 3.28. The molecule has 122 valence electrons. The second-order valence-electron chi connectivity index (χ2n) is 5.03. The van der Waals surface area contributed by atoms with Gasteiger partial charge in [0.1, 0.15) is 5.75 Å². The number of hydrogen-bond acceptors (Lipinski definition) is 2. The molecule has 0 atom stereocenters. The van der Waals surface area contributed by atoms with Crippen molar-refractivity contribution in [2.45, 2.75) is 19.8 Å². The molecule has 2 N–H and O–H groups in total. The zero-order valence-corrected chi connectivity index (χ0v) is 15.5. The largest absolute Gasteiger partial charge is 0.494 e. The molecular formula is C18H21BrN2OS. The van der Waals surface area contributed by atoms with E-state index in [2.05, 4.69) is 32.6 Å². The Morgan fingerprint density at radius 3 is 2.61 bits per heavy atom. The van der Waals surface area contributed by atoms with Crippen LogP contribution in [0.3, 0.4) is 0 Å².